The molecule has 0 aliphatic heterocycles. The molecule has 5 heteroatoms. The van der Waals surface area contributed by atoms with Crippen LogP contribution in [0.1, 0.15) is 0 Å². The zero-order chi connectivity index (χ0) is 22.8. The van der Waals surface area contributed by atoms with Crippen molar-refractivity contribution in [1.29, 1.82) is 0 Å². The number of fused-ring (bicyclic) bond motifs is 2. The minimum Gasteiger partial charge on any atom is -0.508 e. The number of aromatic hydroxyl groups is 4. The summed E-state index contributed by atoms with van der Waals surface area (Å²) in [7, 11) is 1.00. The fraction of sp³-hybridized carbons (Fsp3) is 0.0370. The quantitative estimate of drug-likeness (QED) is 0.231. The van der Waals surface area contributed by atoms with Crippen LogP contribution in [0.3, 0.4) is 0 Å². The highest BCUT2D eigenvalue weighted by Gasteiger charge is 2.17. The summed E-state index contributed by atoms with van der Waals surface area (Å²) >= 11 is 0. The normalized spacial score (nSPS) is 10.7. The molecule has 0 unspecified atom stereocenters. The number of hydrogen-bond acceptors (Lipinski definition) is 5. The van der Waals surface area contributed by atoms with Crippen LogP contribution in [0.25, 0.3) is 43.8 Å². The lowest BCUT2D eigenvalue weighted by Gasteiger charge is -2.18. The van der Waals surface area contributed by atoms with Gasteiger partial charge in [-0.1, -0.05) is 48.5 Å². The number of phenols is 4. The molecule has 0 aromatic heterocycles. The summed E-state index contributed by atoms with van der Waals surface area (Å²) in [4.78, 5) is 0. The maximum absolute atomic E-state index is 10.1. The summed E-state index contributed by atoms with van der Waals surface area (Å²) in [5.74, 6) is -0.0550. The molecule has 0 radical (unpaired) electrons. The van der Waals surface area contributed by atoms with Crippen molar-refractivity contribution in [2.45, 2.75) is 0 Å². The second kappa shape index (κ2) is 8.49. The maximum Gasteiger partial charge on any atom is 0.119 e. The monoisotopic (exact) mass is 426 g/mol. The number of phenolic OH excluding ortho intramolecular Hbond substituents is 4. The van der Waals surface area contributed by atoms with Gasteiger partial charge in [0.1, 0.15) is 23.0 Å². The minimum absolute atomic E-state index is 0.0138. The van der Waals surface area contributed by atoms with E-state index in [1.807, 2.05) is 48.5 Å². The van der Waals surface area contributed by atoms with Crippen molar-refractivity contribution >= 4 is 21.5 Å². The van der Waals surface area contributed by atoms with Crippen LogP contribution in [0.5, 0.6) is 23.0 Å². The third kappa shape index (κ3) is 3.66. The zero-order valence-corrected chi connectivity index (χ0v) is 17.3. The molecule has 32 heavy (non-hydrogen) atoms. The molecule has 5 aromatic rings. The number of aliphatic hydroxyl groups excluding tert-OH is 1. The van der Waals surface area contributed by atoms with E-state index in [2.05, 4.69) is 0 Å². The summed E-state index contributed by atoms with van der Waals surface area (Å²) in [5, 5.41) is 51.0. The second-order valence-corrected chi connectivity index (χ2v) is 7.32. The first-order chi connectivity index (χ1) is 15.5. The lowest BCUT2D eigenvalue weighted by atomic mass is 9.86. The highest BCUT2D eigenvalue weighted by atomic mass is 16.3. The smallest absolute Gasteiger partial charge is 0.119 e. The van der Waals surface area contributed by atoms with Gasteiger partial charge in [-0.3, -0.25) is 0 Å². The van der Waals surface area contributed by atoms with E-state index in [9.17, 15) is 20.4 Å². The van der Waals surface area contributed by atoms with Crippen LogP contribution in [-0.2, 0) is 0 Å². The van der Waals surface area contributed by atoms with Crippen LogP contribution in [0.15, 0.2) is 84.9 Å². The van der Waals surface area contributed by atoms with E-state index >= 15 is 0 Å². The van der Waals surface area contributed by atoms with E-state index in [4.69, 9.17) is 5.11 Å². The first-order valence-electron chi connectivity index (χ1n) is 9.96. The molecule has 5 N–H and O–H groups in total. The summed E-state index contributed by atoms with van der Waals surface area (Å²) < 4.78 is 0. The van der Waals surface area contributed by atoms with Gasteiger partial charge in [-0.15, -0.1) is 0 Å². The first-order valence-corrected chi connectivity index (χ1v) is 9.96. The number of benzene rings is 5. The van der Waals surface area contributed by atoms with Crippen LogP contribution in [0.2, 0.25) is 0 Å². The zero-order valence-electron chi connectivity index (χ0n) is 17.3. The predicted molar refractivity (Wildman–Crippen MR) is 127 cm³/mol. The van der Waals surface area contributed by atoms with E-state index in [-0.39, 0.29) is 23.0 Å². The summed E-state index contributed by atoms with van der Waals surface area (Å²) in [6, 6.07) is 24.8. The highest BCUT2D eigenvalue weighted by Crippen LogP contribution is 2.45. The second-order valence-electron chi connectivity index (χ2n) is 7.32. The van der Waals surface area contributed by atoms with Crippen LogP contribution in [0, 0.1) is 0 Å². The van der Waals surface area contributed by atoms with Gasteiger partial charge in [0.05, 0.1) is 0 Å². The van der Waals surface area contributed by atoms with Gasteiger partial charge in [0.15, 0.2) is 0 Å². The Labute approximate surface area is 184 Å². The Bertz CT molecular complexity index is 1230. The van der Waals surface area contributed by atoms with Crippen molar-refractivity contribution < 1.29 is 25.5 Å². The Balaban J connectivity index is 0.00000119. The summed E-state index contributed by atoms with van der Waals surface area (Å²) in [6.45, 7) is 0. The largest absolute Gasteiger partial charge is 0.508 e. The van der Waals surface area contributed by atoms with Gasteiger partial charge < -0.3 is 25.5 Å². The van der Waals surface area contributed by atoms with Crippen molar-refractivity contribution in [2.75, 3.05) is 7.11 Å². The topological polar surface area (TPSA) is 101 Å². The van der Waals surface area contributed by atoms with Crippen LogP contribution in [-0.4, -0.2) is 32.6 Å². The molecule has 0 atom stereocenters. The first kappa shape index (κ1) is 21.0. The Morgan fingerprint density at radius 2 is 0.656 bits per heavy atom. The average Bonchev–Trinajstić information content (AvgIpc) is 2.77. The molecule has 0 heterocycles. The van der Waals surface area contributed by atoms with Gasteiger partial charge in [-0.2, -0.15) is 0 Å². The van der Waals surface area contributed by atoms with E-state index < -0.39 is 0 Å². The predicted octanol–water partition coefficient (Wildman–Crippen LogP) is 5.76. The van der Waals surface area contributed by atoms with Gasteiger partial charge in [0.25, 0.3) is 0 Å². The van der Waals surface area contributed by atoms with Crippen molar-refractivity contribution in [3.05, 3.63) is 84.9 Å². The van der Waals surface area contributed by atoms with E-state index in [0.29, 0.717) is 11.1 Å². The minimum atomic E-state index is -0.0138. The molecule has 0 amide bonds. The Kier molecular flexibility index (Phi) is 5.58. The number of aliphatic hydroxyl groups is 1. The molecular weight excluding hydrogens is 404 g/mol. The van der Waals surface area contributed by atoms with Gasteiger partial charge in [0, 0.05) is 19.2 Å². The van der Waals surface area contributed by atoms with Crippen molar-refractivity contribution in [3.63, 3.8) is 0 Å². The van der Waals surface area contributed by atoms with Crippen molar-refractivity contribution in [3.8, 4) is 45.3 Å². The third-order valence-corrected chi connectivity index (χ3v) is 5.31. The molecule has 160 valence electrons. The van der Waals surface area contributed by atoms with Gasteiger partial charge in [0.2, 0.25) is 0 Å². The SMILES string of the molecule is CO.Oc1cc(O)cc(-c2c3ccccc3c(-c3cc(O)cc(O)c3)c3ccccc23)c1. The lowest BCUT2D eigenvalue weighted by molar-refractivity contribution is 0.399. The number of hydrogen-bond donors (Lipinski definition) is 5. The third-order valence-electron chi connectivity index (χ3n) is 5.31. The molecule has 0 saturated carbocycles. The molecule has 0 spiro atoms. The lowest BCUT2D eigenvalue weighted by Crippen LogP contribution is -1.91. The van der Waals surface area contributed by atoms with E-state index in [0.717, 1.165) is 39.8 Å². The van der Waals surface area contributed by atoms with Gasteiger partial charge >= 0.3 is 0 Å². The van der Waals surface area contributed by atoms with Gasteiger partial charge in [-0.05, 0) is 68.1 Å². The van der Waals surface area contributed by atoms with Gasteiger partial charge in [-0.25, -0.2) is 0 Å². The Hall–Kier alpha value is -4.22. The average molecular weight is 426 g/mol. The van der Waals surface area contributed by atoms with Crippen molar-refractivity contribution in [2.24, 2.45) is 0 Å². The summed E-state index contributed by atoms with van der Waals surface area (Å²) in [5.41, 5.74) is 3.18. The van der Waals surface area contributed by atoms with Crippen molar-refractivity contribution in [1.82, 2.24) is 0 Å². The Morgan fingerprint density at radius 3 is 0.906 bits per heavy atom. The Morgan fingerprint density at radius 1 is 0.406 bits per heavy atom. The standard InChI is InChI=1S/C26H18O4.CH4O/c27-17-9-15(10-18(28)13-17)25-21-5-1-2-6-22(21)26(24-8-4-3-7-23(24)25)16-11-19(29)14-20(30)12-16;1-2/h1-14,27-30H;2H,1H3. The van der Waals surface area contributed by atoms with E-state index in [1.165, 1.54) is 12.1 Å². The maximum atomic E-state index is 10.1. The highest BCUT2D eigenvalue weighted by molar-refractivity contribution is 6.21. The molecule has 0 bridgehead atoms. The van der Waals surface area contributed by atoms with Crippen LogP contribution >= 0.6 is 0 Å². The fourth-order valence-corrected chi connectivity index (χ4v) is 4.23. The summed E-state index contributed by atoms with van der Waals surface area (Å²) in [6.07, 6.45) is 0. The molecule has 0 saturated heterocycles. The van der Waals surface area contributed by atoms with Crippen LogP contribution in [0.4, 0.5) is 0 Å². The fourth-order valence-electron chi connectivity index (χ4n) is 4.23. The van der Waals surface area contributed by atoms with E-state index in [1.54, 1.807) is 24.3 Å². The molecule has 5 rings (SSSR count). The number of rotatable bonds is 2. The molecule has 0 aliphatic carbocycles. The molecule has 0 aliphatic rings. The molecular formula is C27H22O5. The van der Waals surface area contributed by atoms with Crippen LogP contribution < -0.4 is 0 Å². The molecule has 0 fully saturated rings. The molecule has 5 aromatic carbocycles. The molecule has 5 nitrogen and oxygen atoms in total.